The van der Waals surface area contributed by atoms with Crippen LogP contribution < -0.4 is 15.6 Å². The van der Waals surface area contributed by atoms with Gasteiger partial charge in [0.05, 0.1) is 49.1 Å². The zero-order chi connectivity index (χ0) is 46.4. The second-order valence-electron chi connectivity index (χ2n) is 20.2. The predicted octanol–water partition coefficient (Wildman–Crippen LogP) is 8.03. The number of hydrazine groups is 1. The van der Waals surface area contributed by atoms with E-state index in [1.165, 1.54) is 17.1 Å². The number of nitrogens with one attached hydrogen (secondary N) is 2. The van der Waals surface area contributed by atoms with Crippen molar-refractivity contribution in [3.63, 3.8) is 0 Å². The van der Waals surface area contributed by atoms with Gasteiger partial charge in [-0.05, 0) is 99.4 Å². The molecule has 2 N–H and O–H groups in total. The highest BCUT2D eigenvalue weighted by Crippen LogP contribution is 2.43. The second-order valence-corrected chi connectivity index (χ2v) is 20.2. The maximum absolute atomic E-state index is 14.9. The number of benzene rings is 2. The van der Waals surface area contributed by atoms with Gasteiger partial charge in [-0.25, -0.2) is 19.0 Å². The van der Waals surface area contributed by atoms with Crippen LogP contribution >= 0.6 is 0 Å². The number of piperazine rings is 1. The van der Waals surface area contributed by atoms with Crippen molar-refractivity contribution in [1.29, 1.82) is 0 Å². The highest BCUT2D eigenvalue weighted by molar-refractivity contribution is 5.96. The number of pyridine rings is 1. The number of amides is 2. The fourth-order valence-corrected chi connectivity index (χ4v) is 9.90. The first kappa shape index (κ1) is 46.4. The van der Waals surface area contributed by atoms with Crippen LogP contribution in [-0.4, -0.2) is 114 Å². The van der Waals surface area contributed by atoms with Crippen LogP contribution in [0.2, 0.25) is 0 Å². The fraction of sp³-hybridized carbons (Fsp3) is 0.560. The summed E-state index contributed by atoms with van der Waals surface area (Å²) >= 11 is 0. The van der Waals surface area contributed by atoms with Crippen LogP contribution in [0.4, 0.5) is 19.3 Å². The monoisotopic (exact) mass is 897 g/mol. The zero-order valence-corrected chi connectivity index (χ0v) is 39.1. The molecule has 3 atom stereocenters. The van der Waals surface area contributed by atoms with E-state index in [1.807, 2.05) is 18.3 Å². The quantitative estimate of drug-likeness (QED) is 0.184. The molecule has 65 heavy (non-hydrogen) atoms. The molecule has 2 aromatic heterocycles. The van der Waals surface area contributed by atoms with Gasteiger partial charge in [0.15, 0.2) is 0 Å². The van der Waals surface area contributed by atoms with E-state index >= 15 is 0 Å². The Morgan fingerprint density at radius 2 is 1.85 bits per heavy atom. The first-order chi connectivity index (χ1) is 30.9. The van der Waals surface area contributed by atoms with Gasteiger partial charge in [0.2, 0.25) is 0 Å². The molecule has 13 nitrogen and oxygen atoms in total. The summed E-state index contributed by atoms with van der Waals surface area (Å²) in [6.45, 7) is 21.9. The van der Waals surface area contributed by atoms with Crippen LogP contribution in [-0.2, 0) is 43.2 Å². The standard InChI is InChI=1S/C50H65F2N7O6/c1-9-58-42-13-12-32-23-37(42)39(44(58)38-24-35(26-53-43(38)30(2)3)57-16-15-56-17-18-63-28-36(56)27-57)25-50(7,8)29-64-47(61)40-11-10-14-59(55-40)46(60)41(54-48(62)65-49(4,5)6)21-31-19-33(32)22-34(20-31)45(51)52/h12-13,19-20,22-24,26,30,36,40-41,45,55H,9-11,14-18,21,25,27-29H2,1-8H3,(H,54,62)/t36-,40-,41-/m0/s1. The molecule has 4 aliphatic rings. The lowest BCUT2D eigenvalue weighted by Gasteiger charge is -2.44. The molecule has 15 heteroatoms. The number of nitrogens with zero attached hydrogens (tertiary/aromatic N) is 5. The lowest BCUT2D eigenvalue weighted by atomic mass is 9.83. The molecule has 0 spiro atoms. The number of ether oxygens (including phenoxy) is 3. The number of aryl methyl sites for hydroxylation is 1. The van der Waals surface area contributed by atoms with E-state index in [9.17, 15) is 23.2 Å². The molecule has 6 bridgehead atoms. The van der Waals surface area contributed by atoms with E-state index in [1.54, 1.807) is 20.8 Å². The summed E-state index contributed by atoms with van der Waals surface area (Å²) in [7, 11) is 0. The SMILES string of the molecule is CCn1c(-c2cc(N3CCN4CCOC[C@@H]4C3)cnc2C(C)C)c2c3cc(ccc31)-c1cc(cc(C(F)F)c1)C[C@H](NC(=O)OC(C)(C)C)C(=O)N1CCC[C@H](N1)C(=O)OCC(C)(C)C2. The number of aromatic nitrogens is 2. The molecule has 0 aliphatic carbocycles. The largest absolute Gasteiger partial charge is 0.464 e. The average Bonchev–Trinajstić information content (AvgIpc) is 3.57. The number of hydrogen-bond donors (Lipinski definition) is 2. The Balaban J connectivity index is 1.30. The van der Waals surface area contributed by atoms with Crippen molar-refractivity contribution in [2.75, 3.05) is 57.4 Å². The molecule has 0 radical (unpaired) electrons. The molecule has 8 rings (SSSR count). The van der Waals surface area contributed by atoms with E-state index in [0.717, 1.165) is 77.5 Å². The molecule has 4 aromatic rings. The Hall–Kier alpha value is -5.12. The third-order valence-electron chi connectivity index (χ3n) is 13.0. The van der Waals surface area contributed by atoms with E-state index in [0.29, 0.717) is 49.6 Å². The number of cyclic esters (lactones) is 1. The zero-order valence-electron chi connectivity index (χ0n) is 39.1. The van der Waals surface area contributed by atoms with Crippen LogP contribution in [0.25, 0.3) is 33.3 Å². The number of hydrogen-bond acceptors (Lipinski definition) is 10. The molecular formula is C50H65F2N7O6. The van der Waals surface area contributed by atoms with E-state index in [-0.39, 0.29) is 31.1 Å². The van der Waals surface area contributed by atoms with E-state index < -0.39 is 47.5 Å². The minimum Gasteiger partial charge on any atom is -0.464 e. The van der Waals surface area contributed by atoms with E-state index in [2.05, 4.69) is 77.9 Å². The molecule has 350 valence electrons. The Morgan fingerprint density at radius 3 is 2.58 bits per heavy atom. The van der Waals surface area contributed by atoms with Crippen molar-refractivity contribution in [2.45, 2.75) is 124 Å². The van der Waals surface area contributed by atoms with Crippen LogP contribution in [0.1, 0.15) is 103 Å². The Kier molecular flexibility index (Phi) is 13.3. The number of alkyl halides is 2. The lowest BCUT2D eigenvalue weighted by molar-refractivity contribution is -0.155. The van der Waals surface area contributed by atoms with Crippen LogP contribution in [0.3, 0.4) is 0 Å². The summed E-state index contributed by atoms with van der Waals surface area (Å²) in [5.74, 6) is -0.910. The first-order valence-electron chi connectivity index (χ1n) is 23.3. The number of morpholine rings is 1. The number of rotatable bonds is 6. The summed E-state index contributed by atoms with van der Waals surface area (Å²) < 4.78 is 49.6. The number of alkyl carbamates (subject to hydrolysis) is 1. The third-order valence-corrected chi connectivity index (χ3v) is 13.0. The van der Waals surface area contributed by atoms with Gasteiger partial charge in [0.1, 0.15) is 17.7 Å². The highest BCUT2D eigenvalue weighted by atomic mass is 19.3. The highest BCUT2D eigenvalue weighted by Gasteiger charge is 2.37. The fourth-order valence-electron chi connectivity index (χ4n) is 9.90. The van der Waals surface area contributed by atoms with Crippen molar-refractivity contribution < 1.29 is 37.4 Å². The van der Waals surface area contributed by atoms with Gasteiger partial charge in [0, 0.05) is 73.1 Å². The Labute approximate surface area is 381 Å². The molecule has 6 heterocycles. The number of carbonyl (C=O) groups is 3. The maximum Gasteiger partial charge on any atom is 0.408 e. The summed E-state index contributed by atoms with van der Waals surface area (Å²) in [4.78, 5) is 51.6. The molecule has 0 saturated carbocycles. The first-order valence-corrected chi connectivity index (χ1v) is 23.3. The summed E-state index contributed by atoms with van der Waals surface area (Å²) in [5, 5.41) is 5.01. The van der Waals surface area contributed by atoms with E-state index in [4.69, 9.17) is 19.2 Å². The molecule has 2 amide bonds. The van der Waals surface area contributed by atoms with Crippen LogP contribution in [0, 0.1) is 5.41 Å². The van der Waals surface area contributed by atoms with Crippen LogP contribution in [0.5, 0.6) is 0 Å². The normalized spacial score (nSPS) is 22.2. The summed E-state index contributed by atoms with van der Waals surface area (Å²) in [6.07, 6.45) is -0.272. The Bertz CT molecular complexity index is 2430. The van der Waals surface area contributed by atoms with Gasteiger partial charge in [-0.2, -0.15) is 0 Å². The van der Waals surface area contributed by atoms with Crippen molar-refractivity contribution in [1.82, 2.24) is 30.2 Å². The van der Waals surface area contributed by atoms with Gasteiger partial charge in [-0.3, -0.25) is 24.5 Å². The molecule has 0 unspecified atom stereocenters. The molecule has 4 aliphatic heterocycles. The summed E-state index contributed by atoms with van der Waals surface area (Å²) in [6, 6.07) is 11.4. The molecule has 3 saturated heterocycles. The number of anilines is 1. The Morgan fingerprint density at radius 1 is 1.05 bits per heavy atom. The maximum atomic E-state index is 14.9. The molecule has 2 aromatic carbocycles. The topological polar surface area (TPSA) is 130 Å². The second kappa shape index (κ2) is 18.6. The van der Waals surface area contributed by atoms with Gasteiger partial charge in [-0.1, -0.05) is 45.9 Å². The predicted molar refractivity (Wildman–Crippen MR) is 247 cm³/mol. The smallest absolute Gasteiger partial charge is 0.408 e. The summed E-state index contributed by atoms with van der Waals surface area (Å²) in [5.41, 5.74) is 9.27. The minimum atomic E-state index is -2.80. The minimum absolute atomic E-state index is 0.0977. The molecule has 3 fully saturated rings. The number of esters is 1. The number of carbonyl (C=O) groups excluding carboxylic acids is 3. The van der Waals surface area contributed by atoms with Crippen molar-refractivity contribution in [2.24, 2.45) is 5.41 Å². The molecular weight excluding hydrogens is 833 g/mol. The lowest BCUT2D eigenvalue weighted by Crippen LogP contribution is -2.60. The average molecular weight is 898 g/mol. The van der Waals surface area contributed by atoms with Crippen molar-refractivity contribution >= 4 is 34.6 Å². The van der Waals surface area contributed by atoms with Crippen molar-refractivity contribution in [3.8, 4) is 22.4 Å². The van der Waals surface area contributed by atoms with Gasteiger partial charge < -0.3 is 29.0 Å². The van der Waals surface area contributed by atoms with Gasteiger partial charge in [0.25, 0.3) is 12.3 Å². The number of fused-ring (bicyclic) bond motifs is 7. The van der Waals surface area contributed by atoms with Crippen LogP contribution in [0.15, 0.2) is 48.7 Å². The van der Waals surface area contributed by atoms with Crippen molar-refractivity contribution in [3.05, 3.63) is 71.0 Å². The van der Waals surface area contributed by atoms with Gasteiger partial charge >= 0.3 is 12.1 Å². The third kappa shape index (κ3) is 10.2. The number of halogens is 2. The van der Waals surface area contributed by atoms with Gasteiger partial charge in [-0.15, -0.1) is 0 Å².